The van der Waals surface area contributed by atoms with Crippen molar-refractivity contribution in [2.75, 3.05) is 0 Å². The predicted molar refractivity (Wildman–Crippen MR) is 71.2 cm³/mol. The Kier molecular flexibility index (Phi) is 3.84. The number of aryl methyl sites for hydroxylation is 1. The van der Waals surface area contributed by atoms with Crippen LogP contribution in [0.3, 0.4) is 0 Å². The summed E-state index contributed by atoms with van der Waals surface area (Å²) in [5, 5.41) is 11.3. The first-order valence-electron chi connectivity index (χ1n) is 5.11. The highest BCUT2D eigenvalue weighted by Gasteiger charge is 2.11. The number of pyridine rings is 1. The van der Waals surface area contributed by atoms with Crippen molar-refractivity contribution in [1.82, 2.24) is 4.98 Å². The van der Waals surface area contributed by atoms with E-state index in [2.05, 4.69) is 4.98 Å². The summed E-state index contributed by atoms with van der Waals surface area (Å²) in [5.41, 5.74) is 1.11. The van der Waals surface area contributed by atoms with Gasteiger partial charge in [-0.1, -0.05) is 41.1 Å². The lowest BCUT2D eigenvalue weighted by atomic mass is 10.2. The minimum absolute atomic E-state index is 0.0513. The van der Waals surface area contributed by atoms with Crippen molar-refractivity contribution in [3.8, 4) is 0 Å². The van der Waals surface area contributed by atoms with Crippen LogP contribution in [0.15, 0.2) is 46.3 Å². The highest BCUT2D eigenvalue weighted by Crippen LogP contribution is 2.30. The summed E-state index contributed by atoms with van der Waals surface area (Å²) < 4.78 is 0. The van der Waals surface area contributed by atoms with Crippen molar-refractivity contribution in [3.05, 3.63) is 57.2 Å². The van der Waals surface area contributed by atoms with Gasteiger partial charge in [0.15, 0.2) is 0 Å². The van der Waals surface area contributed by atoms with E-state index in [0.29, 0.717) is 5.03 Å². The Balaban J connectivity index is 2.28. The Hall–Kier alpha value is -1.59. The molecule has 2 aromatic rings. The first kappa shape index (κ1) is 12.9. The summed E-state index contributed by atoms with van der Waals surface area (Å²) in [4.78, 5) is 15.3. The second kappa shape index (κ2) is 5.37. The van der Waals surface area contributed by atoms with Gasteiger partial charge in [-0.05, 0) is 19.1 Å². The first-order chi connectivity index (χ1) is 8.54. The second-order valence-corrected chi connectivity index (χ2v) is 5.14. The normalized spacial score (nSPS) is 10.3. The van der Waals surface area contributed by atoms with Gasteiger partial charge >= 0.3 is 0 Å². The number of rotatable bonds is 3. The van der Waals surface area contributed by atoms with Crippen molar-refractivity contribution < 1.29 is 4.92 Å². The standard InChI is InChI=1S/C12H9ClN2O2S/c1-8-2-4-10(5-3-8)18-12-7-9(15(16)17)6-11(13)14-12/h2-7H,1H3. The zero-order chi connectivity index (χ0) is 13.1. The third-order valence-corrected chi connectivity index (χ3v) is 3.33. The molecule has 0 aliphatic rings. The van der Waals surface area contributed by atoms with E-state index in [9.17, 15) is 10.1 Å². The van der Waals surface area contributed by atoms with Crippen molar-refractivity contribution in [1.29, 1.82) is 0 Å². The largest absolute Gasteiger partial charge is 0.275 e. The SMILES string of the molecule is Cc1ccc(Sc2cc([N+](=O)[O-])cc(Cl)n2)cc1. The van der Waals surface area contributed by atoms with E-state index >= 15 is 0 Å². The molecular formula is C12H9ClN2O2S. The molecule has 0 radical (unpaired) electrons. The zero-order valence-corrected chi connectivity index (χ0v) is 11.0. The maximum atomic E-state index is 10.7. The Morgan fingerprint density at radius 3 is 2.56 bits per heavy atom. The van der Waals surface area contributed by atoms with Gasteiger partial charge in [-0.25, -0.2) is 4.98 Å². The van der Waals surface area contributed by atoms with Gasteiger partial charge in [0.05, 0.1) is 11.0 Å². The van der Waals surface area contributed by atoms with Gasteiger partial charge in [0.2, 0.25) is 0 Å². The van der Waals surface area contributed by atoms with Crippen LogP contribution in [0.25, 0.3) is 0 Å². The minimum Gasteiger partial charge on any atom is -0.258 e. The highest BCUT2D eigenvalue weighted by molar-refractivity contribution is 7.99. The van der Waals surface area contributed by atoms with Gasteiger partial charge in [0, 0.05) is 11.0 Å². The van der Waals surface area contributed by atoms with Crippen LogP contribution in [0, 0.1) is 17.0 Å². The molecule has 92 valence electrons. The molecule has 2 rings (SSSR count). The fraction of sp³-hybridized carbons (Fsp3) is 0.0833. The quantitative estimate of drug-likeness (QED) is 0.482. The molecule has 0 aliphatic heterocycles. The molecular weight excluding hydrogens is 272 g/mol. The summed E-state index contributed by atoms with van der Waals surface area (Å²) >= 11 is 7.10. The van der Waals surface area contributed by atoms with Crippen LogP contribution in [-0.2, 0) is 0 Å². The molecule has 0 N–H and O–H groups in total. The Labute approximate surface area is 113 Å². The van der Waals surface area contributed by atoms with Crippen molar-refractivity contribution in [3.63, 3.8) is 0 Å². The van der Waals surface area contributed by atoms with E-state index in [0.717, 1.165) is 10.5 Å². The lowest BCUT2D eigenvalue weighted by molar-refractivity contribution is -0.385. The van der Waals surface area contributed by atoms with Gasteiger partial charge in [-0.2, -0.15) is 0 Å². The number of hydrogen-bond donors (Lipinski definition) is 0. The number of aromatic nitrogens is 1. The van der Waals surface area contributed by atoms with Crippen LogP contribution in [0.2, 0.25) is 5.15 Å². The van der Waals surface area contributed by atoms with Crippen LogP contribution in [0.1, 0.15) is 5.56 Å². The van der Waals surface area contributed by atoms with Crippen LogP contribution in [0.4, 0.5) is 5.69 Å². The molecule has 18 heavy (non-hydrogen) atoms. The number of hydrogen-bond acceptors (Lipinski definition) is 4. The van der Waals surface area contributed by atoms with Crippen LogP contribution >= 0.6 is 23.4 Å². The van der Waals surface area contributed by atoms with E-state index < -0.39 is 4.92 Å². The topological polar surface area (TPSA) is 56.0 Å². The fourth-order valence-corrected chi connectivity index (χ4v) is 2.44. The number of nitro groups is 1. The molecule has 6 heteroatoms. The molecule has 1 heterocycles. The first-order valence-corrected chi connectivity index (χ1v) is 6.30. The molecule has 0 saturated heterocycles. The molecule has 0 atom stereocenters. The van der Waals surface area contributed by atoms with Gasteiger partial charge in [-0.15, -0.1) is 0 Å². The third kappa shape index (κ3) is 3.21. The van der Waals surface area contributed by atoms with Crippen LogP contribution in [0.5, 0.6) is 0 Å². The monoisotopic (exact) mass is 280 g/mol. The molecule has 0 fully saturated rings. The number of nitrogens with zero attached hydrogens (tertiary/aromatic N) is 2. The fourth-order valence-electron chi connectivity index (χ4n) is 1.34. The van der Waals surface area contributed by atoms with E-state index in [1.165, 1.54) is 23.9 Å². The third-order valence-electron chi connectivity index (χ3n) is 2.21. The Morgan fingerprint density at radius 2 is 1.94 bits per heavy atom. The Morgan fingerprint density at radius 1 is 1.28 bits per heavy atom. The van der Waals surface area contributed by atoms with Gasteiger partial charge in [0.1, 0.15) is 10.2 Å². The van der Waals surface area contributed by atoms with Crippen molar-refractivity contribution in [2.24, 2.45) is 0 Å². The van der Waals surface area contributed by atoms with Gasteiger partial charge in [0.25, 0.3) is 5.69 Å². The number of benzene rings is 1. The predicted octanol–water partition coefficient (Wildman–Crippen LogP) is 4.10. The molecule has 1 aromatic heterocycles. The molecule has 0 spiro atoms. The lowest BCUT2D eigenvalue weighted by Gasteiger charge is -2.02. The zero-order valence-electron chi connectivity index (χ0n) is 9.46. The average Bonchev–Trinajstić information content (AvgIpc) is 2.31. The molecule has 0 aliphatic carbocycles. The molecule has 1 aromatic carbocycles. The summed E-state index contributed by atoms with van der Waals surface area (Å²) in [6.07, 6.45) is 0. The Bertz CT molecular complexity index is 587. The summed E-state index contributed by atoms with van der Waals surface area (Å²) in [7, 11) is 0. The number of halogens is 1. The smallest absolute Gasteiger partial charge is 0.258 e. The molecule has 0 unspecified atom stereocenters. The van der Waals surface area contributed by atoms with Gasteiger partial charge < -0.3 is 0 Å². The summed E-state index contributed by atoms with van der Waals surface area (Å²) in [5.74, 6) is 0. The molecule has 0 bridgehead atoms. The maximum Gasteiger partial charge on any atom is 0.275 e. The van der Waals surface area contributed by atoms with Crippen molar-refractivity contribution >= 4 is 29.1 Å². The maximum absolute atomic E-state index is 10.7. The summed E-state index contributed by atoms with van der Waals surface area (Å²) in [6, 6.07) is 10.5. The minimum atomic E-state index is -0.479. The molecule has 0 saturated carbocycles. The van der Waals surface area contributed by atoms with E-state index in [-0.39, 0.29) is 10.8 Å². The van der Waals surface area contributed by atoms with Crippen LogP contribution in [-0.4, -0.2) is 9.91 Å². The van der Waals surface area contributed by atoms with E-state index in [1.807, 2.05) is 31.2 Å². The van der Waals surface area contributed by atoms with Gasteiger partial charge in [-0.3, -0.25) is 10.1 Å². The lowest BCUT2D eigenvalue weighted by Crippen LogP contribution is -1.90. The molecule has 0 amide bonds. The van der Waals surface area contributed by atoms with Crippen LogP contribution < -0.4 is 0 Å². The average molecular weight is 281 g/mol. The van der Waals surface area contributed by atoms with Crippen molar-refractivity contribution in [2.45, 2.75) is 16.8 Å². The highest BCUT2D eigenvalue weighted by atomic mass is 35.5. The van der Waals surface area contributed by atoms with E-state index in [1.54, 1.807) is 0 Å². The second-order valence-electron chi connectivity index (χ2n) is 3.66. The van der Waals surface area contributed by atoms with E-state index in [4.69, 9.17) is 11.6 Å². The summed E-state index contributed by atoms with van der Waals surface area (Å²) in [6.45, 7) is 2.00. The molecule has 4 nitrogen and oxygen atoms in total.